The molecule has 0 bridgehead atoms. The van der Waals surface area contributed by atoms with Crippen LogP contribution in [0.5, 0.6) is 0 Å². The van der Waals surface area contributed by atoms with E-state index in [1.807, 2.05) is 13.8 Å². The molecule has 1 heterocycles. The Hall–Kier alpha value is -1.34. The summed E-state index contributed by atoms with van der Waals surface area (Å²) in [5, 5.41) is 8.64. The zero-order valence-corrected chi connectivity index (χ0v) is 11.2. The molecule has 0 aliphatic rings. The van der Waals surface area contributed by atoms with Gasteiger partial charge < -0.3 is 9.52 Å². The van der Waals surface area contributed by atoms with Crippen LogP contribution in [0.3, 0.4) is 0 Å². The first kappa shape index (κ1) is 14.7. The second kappa shape index (κ2) is 6.01. The van der Waals surface area contributed by atoms with E-state index in [-0.39, 0.29) is 23.8 Å². The number of hydrogen-bond donors (Lipinski definition) is 2. The molecule has 0 atom stereocenters. The number of sulfonamides is 1. The van der Waals surface area contributed by atoms with Crippen LogP contribution < -0.4 is 4.72 Å². The molecule has 1 rings (SSSR count). The van der Waals surface area contributed by atoms with Gasteiger partial charge in [-0.2, -0.15) is 0 Å². The third-order valence-electron chi connectivity index (χ3n) is 2.30. The summed E-state index contributed by atoms with van der Waals surface area (Å²) in [6, 6.07) is 2.73. The quantitative estimate of drug-likeness (QED) is 0.785. The molecule has 1 aromatic heterocycles. The van der Waals surface area contributed by atoms with Gasteiger partial charge in [-0.1, -0.05) is 13.8 Å². The summed E-state index contributed by atoms with van der Waals surface area (Å²) in [5.74, 6) is -0.739. The molecule has 2 N–H and O–H groups in total. The maximum atomic E-state index is 11.6. The van der Waals surface area contributed by atoms with Gasteiger partial charge in [0.2, 0.25) is 15.8 Å². The minimum absolute atomic E-state index is 0.0340. The van der Waals surface area contributed by atoms with Crippen LogP contribution in [0.2, 0.25) is 0 Å². The molecule has 0 spiro atoms. The van der Waals surface area contributed by atoms with Crippen molar-refractivity contribution in [3.63, 3.8) is 0 Å². The van der Waals surface area contributed by atoms with Gasteiger partial charge in [0.25, 0.3) is 0 Å². The fourth-order valence-corrected chi connectivity index (χ4v) is 2.52. The van der Waals surface area contributed by atoms with E-state index in [0.717, 1.165) is 0 Å². The Morgan fingerprint density at radius 2 is 2.11 bits per heavy atom. The van der Waals surface area contributed by atoms with Crippen LogP contribution in [0.15, 0.2) is 16.5 Å². The van der Waals surface area contributed by atoms with Gasteiger partial charge in [0.05, 0.1) is 12.3 Å². The first-order chi connectivity index (χ1) is 8.30. The van der Waals surface area contributed by atoms with Crippen molar-refractivity contribution < 1.29 is 22.7 Å². The molecule has 0 saturated carbocycles. The summed E-state index contributed by atoms with van der Waals surface area (Å²) in [5.41, 5.74) is 0. The number of furan rings is 1. The van der Waals surface area contributed by atoms with Crippen LogP contribution >= 0.6 is 0 Å². The zero-order valence-electron chi connectivity index (χ0n) is 10.3. The fourth-order valence-electron chi connectivity index (χ4n) is 1.23. The highest BCUT2D eigenvalue weighted by atomic mass is 32.2. The van der Waals surface area contributed by atoms with Crippen molar-refractivity contribution in [2.24, 2.45) is 5.92 Å². The van der Waals surface area contributed by atoms with Crippen molar-refractivity contribution in [2.75, 3.05) is 5.75 Å². The Kier molecular flexibility index (Phi) is 4.92. The third kappa shape index (κ3) is 4.89. The van der Waals surface area contributed by atoms with Gasteiger partial charge in [-0.05, 0) is 24.5 Å². The van der Waals surface area contributed by atoms with Gasteiger partial charge in [0, 0.05) is 0 Å². The highest BCUT2D eigenvalue weighted by Crippen LogP contribution is 2.08. The molecule has 0 aromatic carbocycles. The second-order valence-electron chi connectivity index (χ2n) is 4.39. The molecule has 6 nitrogen and oxygen atoms in total. The van der Waals surface area contributed by atoms with Crippen LogP contribution in [0, 0.1) is 5.92 Å². The molecule has 18 heavy (non-hydrogen) atoms. The lowest BCUT2D eigenvalue weighted by Gasteiger charge is -2.06. The predicted molar refractivity (Wildman–Crippen MR) is 65.7 cm³/mol. The van der Waals surface area contributed by atoms with Crippen LogP contribution in [-0.4, -0.2) is 25.2 Å². The second-order valence-corrected chi connectivity index (χ2v) is 6.32. The van der Waals surface area contributed by atoms with Gasteiger partial charge in [-0.15, -0.1) is 0 Å². The largest absolute Gasteiger partial charge is 0.475 e. The molecule has 0 aliphatic carbocycles. The molecule has 102 valence electrons. The van der Waals surface area contributed by atoms with E-state index in [0.29, 0.717) is 12.3 Å². The molecule has 0 amide bonds. The Bertz CT molecular complexity index is 503. The minimum Gasteiger partial charge on any atom is -0.475 e. The first-order valence-corrected chi connectivity index (χ1v) is 7.25. The van der Waals surface area contributed by atoms with E-state index in [2.05, 4.69) is 4.72 Å². The molecular formula is C11H17NO5S. The summed E-state index contributed by atoms with van der Waals surface area (Å²) in [7, 11) is -3.34. The van der Waals surface area contributed by atoms with E-state index in [9.17, 15) is 13.2 Å². The lowest BCUT2D eigenvalue weighted by molar-refractivity contribution is 0.0660. The number of nitrogens with one attached hydrogen (secondary N) is 1. The number of carbonyl (C=O) groups is 1. The number of hydrogen-bond acceptors (Lipinski definition) is 4. The summed E-state index contributed by atoms with van der Waals surface area (Å²) in [6.45, 7) is 3.86. The number of rotatable bonds is 7. The lowest BCUT2D eigenvalue weighted by Crippen LogP contribution is -2.26. The van der Waals surface area contributed by atoms with E-state index in [4.69, 9.17) is 9.52 Å². The van der Waals surface area contributed by atoms with E-state index in [1.165, 1.54) is 12.1 Å². The maximum Gasteiger partial charge on any atom is 0.371 e. The topological polar surface area (TPSA) is 96.6 Å². The van der Waals surface area contributed by atoms with Crippen LogP contribution in [0.25, 0.3) is 0 Å². The molecule has 0 saturated heterocycles. The first-order valence-electron chi connectivity index (χ1n) is 5.59. The fraction of sp³-hybridized carbons (Fsp3) is 0.545. The average molecular weight is 275 g/mol. The Morgan fingerprint density at radius 3 is 2.61 bits per heavy atom. The van der Waals surface area contributed by atoms with Crippen molar-refractivity contribution in [1.29, 1.82) is 0 Å². The van der Waals surface area contributed by atoms with Gasteiger partial charge in [0.1, 0.15) is 5.76 Å². The molecule has 1 aromatic rings. The Labute approximate surface area is 106 Å². The van der Waals surface area contributed by atoms with Crippen LogP contribution in [0.1, 0.15) is 36.6 Å². The summed E-state index contributed by atoms with van der Waals surface area (Å²) in [4.78, 5) is 10.6. The normalized spacial score (nSPS) is 11.9. The Balaban J connectivity index is 2.51. The smallest absolute Gasteiger partial charge is 0.371 e. The van der Waals surface area contributed by atoms with Gasteiger partial charge in [-0.3, -0.25) is 0 Å². The number of carboxylic acids is 1. The zero-order chi connectivity index (χ0) is 13.8. The highest BCUT2D eigenvalue weighted by Gasteiger charge is 2.13. The van der Waals surface area contributed by atoms with Crippen molar-refractivity contribution in [3.8, 4) is 0 Å². The number of aromatic carboxylic acids is 1. The van der Waals surface area contributed by atoms with Crippen molar-refractivity contribution in [1.82, 2.24) is 4.72 Å². The summed E-state index contributed by atoms with van der Waals surface area (Å²) >= 11 is 0. The van der Waals surface area contributed by atoms with Crippen LogP contribution in [0.4, 0.5) is 0 Å². The van der Waals surface area contributed by atoms with Crippen LogP contribution in [-0.2, 0) is 16.6 Å². The number of carboxylic acid groups (broad SMARTS) is 1. The van der Waals surface area contributed by atoms with Crippen molar-refractivity contribution in [3.05, 3.63) is 23.7 Å². The lowest BCUT2D eigenvalue weighted by atomic mass is 10.2. The molecule has 0 radical (unpaired) electrons. The predicted octanol–water partition coefficient (Wildman–Crippen LogP) is 1.44. The summed E-state index contributed by atoms with van der Waals surface area (Å²) < 4.78 is 30.5. The van der Waals surface area contributed by atoms with E-state index in [1.54, 1.807) is 0 Å². The van der Waals surface area contributed by atoms with Gasteiger partial charge >= 0.3 is 5.97 Å². The van der Waals surface area contributed by atoms with E-state index < -0.39 is 16.0 Å². The molecule has 0 unspecified atom stereocenters. The van der Waals surface area contributed by atoms with Gasteiger partial charge in [-0.25, -0.2) is 17.9 Å². The minimum atomic E-state index is -3.34. The third-order valence-corrected chi connectivity index (χ3v) is 3.66. The molecule has 0 fully saturated rings. The Morgan fingerprint density at radius 1 is 1.44 bits per heavy atom. The molecular weight excluding hydrogens is 258 g/mol. The standard InChI is InChI=1S/C11H17NO5S/c1-8(2)5-6-18(15,16)12-7-9-3-4-10(17-9)11(13)14/h3-4,8,12H,5-7H2,1-2H3,(H,13,14). The van der Waals surface area contributed by atoms with Crippen molar-refractivity contribution >= 4 is 16.0 Å². The molecule has 7 heteroatoms. The summed E-state index contributed by atoms with van der Waals surface area (Å²) in [6.07, 6.45) is 0.577. The van der Waals surface area contributed by atoms with Gasteiger partial charge in [0.15, 0.2) is 0 Å². The highest BCUT2D eigenvalue weighted by molar-refractivity contribution is 7.89. The average Bonchev–Trinajstić information content (AvgIpc) is 2.73. The van der Waals surface area contributed by atoms with E-state index >= 15 is 0 Å². The molecule has 0 aliphatic heterocycles. The maximum absolute atomic E-state index is 11.6. The SMILES string of the molecule is CC(C)CCS(=O)(=O)NCc1ccc(C(=O)O)o1. The van der Waals surface area contributed by atoms with Crippen molar-refractivity contribution in [2.45, 2.75) is 26.8 Å². The monoisotopic (exact) mass is 275 g/mol.